The quantitative estimate of drug-likeness (QED) is 0.684. The van der Waals surface area contributed by atoms with Gasteiger partial charge in [0, 0.05) is 5.41 Å². The van der Waals surface area contributed by atoms with E-state index in [-0.39, 0.29) is 0 Å². The molecule has 3 aliphatic carbocycles. The van der Waals surface area contributed by atoms with Crippen LogP contribution in [-0.2, 0) is 0 Å². The molecule has 0 nitrogen and oxygen atoms in total. The largest absolute Gasteiger partial charge is 0.0648 e. The lowest BCUT2D eigenvalue weighted by Crippen LogP contribution is -2.28. The second-order valence-corrected chi connectivity index (χ2v) is 6.05. The molecule has 0 heteroatoms. The third-order valence-corrected chi connectivity index (χ3v) is 5.41. The number of hydrogen-bond donors (Lipinski definition) is 0. The molecule has 4 rings (SSSR count). The predicted octanol–water partition coefficient (Wildman–Crippen LogP) is 4.67. The third kappa shape index (κ3) is 1.09. The molecule has 17 heavy (non-hydrogen) atoms. The highest BCUT2D eigenvalue weighted by Crippen LogP contribution is 2.78. The molecule has 0 amide bonds. The lowest BCUT2D eigenvalue weighted by atomic mass is 9.64. The minimum atomic E-state index is 0.622. The summed E-state index contributed by atoms with van der Waals surface area (Å²) in [6.45, 7) is 2.36. The molecule has 3 aliphatic rings. The van der Waals surface area contributed by atoms with E-state index in [1.54, 1.807) is 5.57 Å². The molecule has 0 saturated heterocycles. The summed E-state index contributed by atoms with van der Waals surface area (Å²) in [5.74, 6) is 1.94. The van der Waals surface area contributed by atoms with E-state index >= 15 is 0 Å². The van der Waals surface area contributed by atoms with Crippen LogP contribution in [-0.4, -0.2) is 0 Å². The average molecular weight is 224 g/mol. The van der Waals surface area contributed by atoms with Crippen LogP contribution in [0.3, 0.4) is 0 Å². The molecule has 2 saturated carbocycles. The van der Waals surface area contributed by atoms with Gasteiger partial charge >= 0.3 is 0 Å². The smallest absolute Gasteiger partial charge is 0.00302 e. The monoisotopic (exact) mass is 224 g/mol. The maximum absolute atomic E-state index is 2.36. The van der Waals surface area contributed by atoms with Crippen molar-refractivity contribution in [1.29, 1.82) is 0 Å². The summed E-state index contributed by atoms with van der Waals surface area (Å²) in [5, 5.41) is 0. The van der Waals surface area contributed by atoms with Crippen molar-refractivity contribution in [3.05, 3.63) is 41.5 Å². The van der Waals surface area contributed by atoms with Crippen LogP contribution in [0.5, 0.6) is 0 Å². The third-order valence-electron chi connectivity index (χ3n) is 5.41. The fourth-order valence-electron chi connectivity index (χ4n) is 4.79. The molecule has 2 unspecified atom stereocenters. The lowest BCUT2D eigenvalue weighted by Gasteiger charge is -2.39. The number of rotatable bonds is 2. The summed E-state index contributed by atoms with van der Waals surface area (Å²) in [6.07, 6.45) is 7.19. The number of hydrogen-bond acceptors (Lipinski definition) is 0. The Hall–Kier alpha value is -1.04. The fraction of sp³-hybridized carbons (Fsp3) is 0.529. The van der Waals surface area contributed by atoms with Crippen molar-refractivity contribution < 1.29 is 0 Å². The first-order chi connectivity index (χ1) is 8.38. The van der Waals surface area contributed by atoms with Crippen LogP contribution in [0.1, 0.15) is 44.6 Å². The van der Waals surface area contributed by atoms with Gasteiger partial charge in [0.25, 0.3) is 0 Å². The zero-order valence-corrected chi connectivity index (χ0v) is 10.6. The summed E-state index contributed by atoms with van der Waals surface area (Å²) in [6, 6.07) is 11.2. The van der Waals surface area contributed by atoms with Gasteiger partial charge in [-0.1, -0.05) is 55.7 Å². The lowest BCUT2D eigenvalue weighted by molar-refractivity contribution is 0.322. The minimum Gasteiger partial charge on any atom is -0.0648 e. The van der Waals surface area contributed by atoms with Crippen molar-refractivity contribution >= 4 is 5.57 Å². The Kier molecular flexibility index (Phi) is 1.90. The fourth-order valence-corrected chi connectivity index (χ4v) is 4.79. The molecule has 1 aromatic carbocycles. The van der Waals surface area contributed by atoms with Crippen LogP contribution in [0.2, 0.25) is 0 Å². The average Bonchev–Trinajstić information content (AvgIpc) is 2.79. The summed E-state index contributed by atoms with van der Waals surface area (Å²) in [7, 11) is 0. The Labute approximate surface area is 104 Å². The molecule has 2 fully saturated rings. The Bertz CT molecular complexity index is 474. The molecule has 0 radical (unpaired) electrons. The predicted molar refractivity (Wildman–Crippen MR) is 71.5 cm³/mol. The summed E-state index contributed by atoms with van der Waals surface area (Å²) >= 11 is 0. The van der Waals surface area contributed by atoms with Crippen LogP contribution in [0.15, 0.2) is 35.9 Å². The second kappa shape index (κ2) is 3.25. The van der Waals surface area contributed by atoms with Gasteiger partial charge in [0.2, 0.25) is 0 Å². The van der Waals surface area contributed by atoms with E-state index < -0.39 is 0 Å². The van der Waals surface area contributed by atoms with Gasteiger partial charge in [-0.25, -0.2) is 0 Å². The van der Waals surface area contributed by atoms with Crippen molar-refractivity contribution in [2.45, 2.75) is 39.0 Å². The van der Waals surface area contributed by atoms with Crippen molar-refractivity contribution in [2.75, 3.05) is 0 Å². The van der Waals surface area contributed by atoms with Crippen molar-refractivity contribution in [2.24, 2.45) is 17.3 Å². The molecule has 88 valence electrons. The van der Waals surface area contributed by atoms with E-state index in [0.29, 0.717) is 5.41 Å². The molecule has 0 N–H and O–H groups in total. The highest BCUT2D eigenvalue weighted by molar-refractivity contribution is 5.86. The first-order valence-corrected chi connectivity index (χ1v) is 7.18. The summed E-state index contributed by atoms with van der Waals surface area (Å²) in [4.78, 5) is 0. The van der Waals surface area contributed by atoms with Crippen LogP contribution >= 0.6 is 0 Å². The van der Waals surface area contributed by atoms with Gasteiger partial charge in [-0.05, 0) is 42.2 Å². The molecule has 1 spiro atoms. The van der Waals surface area contributed by atoms with Crippen LogP contribution in [0.25, 0.3) is 5.57 Å². The van der Waals surface area contributed by atoms with E-state index in [9.17, 15) is 0 Å². The van der Waals surface area contributed by atoms with Crippen LogP contribution in [0, 0.1) is 17.3 Å². The van der Waals surface area contributed by atoms with Gasteiger partial charge in [0.1, 0.15) is 0 Å². The zero-order valence-electron chi connectivity index (χ0n) is 10.6. The van der Waals surface area contributed by atoms with Crippen molar-refractivity contribution in [3.63, 3.8) is 0 Å². The summed E-state index contributed by atoms with van der Waals surface area (Å²) in [5.41, 5.74) is 5.75. The number of fused-ring (bicyclic) bond motifs is 2. The second-order valence-electron chi connectivity index (χ2n) is 6.05. The number of allylic oxidation sites excluding steroid dienone is 2. The molecule has 0 aliphatic heterocycles. The van der Waals surface area contributed by atoms with Crippen molar-refractivity contribution in [3.8, 4) is 0 Å². The topological polar surface area (TPSA) is 0 Å². The van der Waals surface area contributed by atoms with Gasteiger partial charge in [0.05, 0.1) is 0 Å². The normalized spacial score (nSPS) is 32.5. The Morgan fingerprint density at radius 2 is 1.82 bits per heavy atom. The van der Waals surface area contributed by atoms with E-state index in [2.05, 4.69) is 37.3 Å². The molecular weight excluding hydrogens is 204 g/mol. The van der Waals surface area contributed by atoms with Gasteiger partial charge in [0.15, 0.2) is 0 Å². The standard InChI is InChI=1S/C17H20/c1-2-13-14-15(12-8-4-3-5-9-12)17(16(13)14)10-6-7-11-17/h3-5,8-9,13,16H,2,6-7,10-11H2,1H3. The maximum atomic E-state index is 2.36. The Morgan fingerprint density at radius 1 is 1.12 bits per heavy atom. The highest BCUT2D eigenvalue weighted by Gasteiger charge is 2.67. The highest BCUT2D eigenvalue weighted by atomic mass is 14.7. The minimum absolute atomic E-state index is 0.622. The van der Waals surface area contributed by atoms with E-state index in [1.165, 1.54) is 37.7 Å². The van der Waals surface area contributed by atoms with Crippen LogP contribution in [0.4, 0.5) is 0 Å². The Morgan fingerprint density at radius 3 is 2.47 bits per heavy atom. The van der Waals surface area contributed by atoms with E-state index in [1.807, 2.05) is 5.57 Å². The molecule has 2 atom stereocenters. The van der Waals surface area contributed by atoms with E-state index in [4.69, 9.17) is 0 Å². The van der Waals surface area contributed by atoms with Crippen molar-refractivity contribution in [1.82, 2.24) is 0 Å². The Balaban J connectivity index is 1.80. The molecule has 0 bridgehead atoms. The van der Waals surface area contributed by atoms with Crippen LogP contribution < -0.4 is 0 Å². The SMILES string of the molecule is CCC1C2=C(c3ccccc3)C3(CCCC3)C21. The van der Waals surface area contributed by atoms with E-state index in [0.717, 1.165) is 11.8 Å². The first kappa shape index (κ1) is 9.94. The first-order valence-electron chi connectivity index (χ1n) is 7.18. The molecule has 0 aromatic heterocycles. The van der Waals surface area contributed by atoms with Gasteiger partial charge < -0.3 is 0 Å². The molecule has 0 heterocycles. The number of benzene rings is 1. The summed E-state index contributed by atoms with van der Waals surface area (Å²) < 4.78 is 0. The zero-order chi connectivity index (χ0) is 11.5. The van der Waals surface area contributed by atoms with Gasteiger partial charge in [-0.2, -0.15) is 0 Å². The van der Waals surface area contributed by atoms with Gasteiger partial charge in [-0.3, -0.25) is 0 Å². The van der Waals surface area contributed by atoms with Gasteiger partial charge in [-0.15, -0.1) is 0 Å². The molecular formula is C17H20. The maximum Gasteiger partial charge on any atom is 0.00302 e. The molecule has 1 aromatic rings.